The minimum atomic E-state index is -0.774. The van der Waals surface area contributed by atoms with E-state index < -0.39 is 6.10 Å². The molecule has 0 fully saturated rings. The van der Waals surface area contributed by atoms with Gasteiger partial charge >= 0.3 is 17.9 Å². The summed E-state index contributed by atoms with van der Waals surface area (Å²) in [7, 11) is 0. The highest BCUT2D eigenvalue weighted by atomic mass is 16.6. The maximum atomic E-state index is 13.0. The quantitative estimate of drug-likeness (QED) is 0.0261. The van der Waals surface area contributed by atoms with E-state index in [4.69, 9.17) is 14.2 Å². The summed E-state index contributed by atoms with van der Waals surface area (Å²) in [5.41, 5.74) is 0. The fourth-order valence-corrected chi connectivity index (χ4v) is 11.4. The molecule has 0 bridgehead atoms. The fraction of sp³-hybridized carbons (Fsp3) is 0.907. The van der Waals surface area contributed by atoms with Crippen LogP contribution in [0.4, 0.5) is 0 Å². The van der Waals surface area contributed by atoms with E-state index in [1.165, 1.54) is 302 Å². The number of ether oxygens (including phenoxy) is 3. The lowest BCUT2D eigenvalue weighted by Gasteiger charge is -2.18. The van der Waals surface area contributed by atoms with Gasteiger partial charge in [0.2, 0.25) is 0 Å². The second kappa shape index (κ2) is 70.4. The molecule has 0 saturated heterocycles. The summed E-state index contributed by atoms with van der Waals surface area (Å²) in [5, 5.41) is 0. The van der Waals surface area contributed by atoms with Gasteiger partial charge in [0.15, 0.2) is 6.10 Å². The molecule has 0 radical (unpaired) electrons. The maximum Gasteiger partial charge on any atom is 0.306 e. The van der Waals surface area contributed by atoms with Crippen LogP contribution >= 0.6 is 0 Å². The van der Waals surface area contributed by atoms with E-state index in [0.717, 1.165) is 77.0 Å². The monoisotopic (exact) mass is 1140 g/mol. The molecule has 0 aromatic rings. The van der Waals surface area contributed by atoms with E-state index >= 15 is 0 Å². The van der Waals surface area contributed by atoms with Gasteiger partial charge in [0.05, 0.1) is 0 Å². The Balaban J connectivity index is 4.19. The van der Waals surface area contributed by atoms with Gasteiger partial charge in [-0.05, 0) is 44.9 Å². The Hall–Kier alpha value is -2.11. The first-order valence-electron chi connectivity index (χ1n) is 36.8. The van der Waals surface area contributed by atoms with Gasteiger partial charge in [0.1, 0.15) is 13.2 Å². The van der Waals surface area contributed by atoms with Crippen LogP contribution in [-0.2, 0) is 28.6 Å². The van der Waals surface area contributed by atoms with E-state index in [9.17, 15) is 14.4 Å². The highest BCUT2D eigenvalue weighted by Crippen LogP contribution is 2.19. The van der Waals surface area contributed by atoms with E-state index in [0.29, 0.717) is 19.3 Å². The van der Waals surface area contributed by atoms with Gasteiger partial charge in [-0.3, -0.25) is 14.4 Å². The van der Waals surface area contributed by atoms with Crippen molar-refractivity contribution < 1.29 is 28.6 Å². The Bertz CT molecular complexity index is 1310. The van der Waals surface area contributed by atoms with Crippen LogP contribution in [0.5, 0.6) is 0 Å². The van der Waals surface area contributed by atoms with Crippen LogP contribution < -0.4 is 0 Å². The standard InChI is InChI=1S/C75H142O6/c1-4-7-10-13-16-19-22-25-28-30-32-34-35-36-37-38-39-40-42-43-45-47-50-53-56-59-62-65-68-74(77)80-71-72(70-79-73(76)67-64-61-58-55-52-49-27-24-21-18-15-12-9-6-3)81-75(78)69-66-63-60-57-54-51-48-46-44-41-33-31-29-26-23-20-17-14-11-8-5-2/h15,18,24,27,72H,4-14,16-17,19-23,25-26,28-71H2,1-3H3/b18-15-,27-24-. The molecule has 1 unspecified atom stereocenters. The molecule has 0 rings (SSSR count). The van der Waals surface area contributed by atoms with Crippen LogP contribution in [0.15, 0.2) is 24.3 Å². The van der Waals surface area contributed by atoms with Crippen LogP contribution in [0, 0.1) is 0 Å². The Labute approximate surface area is 506 Å². The lowest BCUT2D eigenvalue weighted by atomic mass is 10.0. The molecule has 478 valence electrons. The molecule has 0 amide bonds. The van der Waals surface area contributed by atoms with Crippen molar-refractivity contribution in [3.05, 3.63) is 24.3 Å². The highest BCUT2D eigenvalue weighted by molar-refractivity contribution is 5.71. The zero-order valence-electron chi connectivity index (χ0n) is 55.1. The molecule has 0 aliphatic rings. The number of carbonyl (C=O) groups excluding carboxylic acids is 3. The van der Waals surface area contributed by atoms with E-state index in [1.54, 1.807) is 0 Å². The molecule has 0 heterocycles. The third-order valence-corrected chi connectivity index (χ3v) is 17.0. The molecule has 0 aromatic carbocycles. The first-order chi connectivity index (χ1) is 40.0. The number of hydrogen-bond donors (Lipinski definition) is 0. The molecule has 0 aliphatic carbocycles. The van der Waals surface area contributed by atoms with Gasteiger partial charge in [-0.2, -0.15) is 0 Å². The average molecular weight is 1140 g/mol. The SMILES string of the molecule is CCCC/C=C\C/C=C\CCCCCCCC(=O)OCC(COC(=O)CCCCCCCCCCCCCCCCCCCCCCCCCCCCCC)OC(=O)CCCCCCCCCCCCCCCCCCCCCCC. The Morgan fingerprint density at radius 1 is 0.247 bits per heavy atom. The number of unbranched alkanes of at least 4 members (excludes halogenated alkanes) is 54. The molecule has 6 heteroatoms. The largest absolute Gasteiger partial charge is 0.462 e. The Morgan fingerprint density at radius 3 is 0.716 bits per heavy atom. The van der Waals surface area contributed by atoms with E-state index in [2.05, 4.69) is 45.1 Å². The summed E-state index contributed by atoms with van der Waals surface area (Å²) < 4.78 is 17.0. The van der Waals surface area contributed by atoms with Gasteiger partial charge in [-0.25, -0.2) is 0 Å². The van der Waals surface area contributed by atoms with E-state index in [1.807, 2.05) is 0 Å². The molecule has 0 spiro atoms. The average Bonchev–Trinajstić information content (AvgIpc) is 3.47. The van der Waals surface area contributed by atoms with Crippen molar-refractivity contribution in [3.63, 3.8) is 0 Å². The van der Waals surface area contributed by atoms with Crippen LogP contribution in [0.1, 0.15) is 419 Å². The third-order valence-electron chi connectivity index (χ3n) is 17.0. The Morgan fingerprint density at radius 2 is 0.457 bits per heavy atom. The van der Waals surface area contributed by atoms with Crippen molar-refractivity contribution in [1.82, 2.24) is 0 Å². The van der Waals surface area contributed by atoms with Gasteiger partial charge in [-0.1, -0.05) is 379 Å². The fourth-order valence-electron chi connectivity index (χ4n) is 11.4. The zero-order valence-corrected chi connectivity index (χ0v) is 55.1. The minimum absolute atomic E-state index is 0.0692. The highest BCUT2D eigenvalue weighted by Gasteiger charge is 2.20. The minimum Gasteiger partial charge on any atom is -0.462 e. The van der Waals surface area contributed by atoms with Crippen molar-refractivity contribution in [2.45, 2.75) is 425 Å². The smallest absolute Gasteiger partial charge is 0.306 e. The molecule has 0 aromatic heterocycles. The number of allylic oxidation sites excluding steroid dienone is 4. The van der Waals surface area contributed by atoms with Crippen molar-refractivity contribution in [2.75, 3.05) is 13.2 Å². The predicted octanol–water partition coefficient (Wildman–Crippen LogP) is 25.3. The molecular weight excluding hydrogens is 997 g/mol. The van der Waals surface area contributed by atoms with Gasteiger partial charge in [-0.15, -0.1) is 0 Å². The number of rotatable bonds is 69. The molecule has 81 heavy (non-hydrogen) atoms. The third kappa shape index (κ3) is 68.6. The number of esters is 3. The number of carbonyl (C=O) groups is 3. The summed E-state index contributed by atoms with van der Waals surface area (Å²) in [4.78, 5) is 38.5. The molecule has 0 N–H and O–H groups in total. The summed E-state index contributed by atoms with van der Waals surface area (Å²) in [5.74, 6) is -0.849. The van der Waals surface area contributed by atoms with Crippen molar-refractivity contribution in [2.24, 2.45) is 0 Å². The summed E-state index contributed by atoms with van der Waals surface area (Å²) in [6, 6.07) is 0. The van der Waals surface area contributed by atoms with Crippen LogP contribution in [0.25, 0.3) is 0 Å². The van der Waals surface area contributed by atoms with Crippen molar-refractivity contribution >= 4 is 17.9 Å². The lowest BCUT2D eigenvalue weighted by molar-refractivity contribution is -0.167. The van der Waals surface area contributed by atoms with Crippen LogP contribution in [-0.4, -0.2) is 37.2 Å². The van der Waals surface area contributed by atoms with Gasteiger partial charge in [0.25, 0.3) is 0 Å². The van der Waals surface area contributed by atoms with Crippen LogP contribution in [0.3, 0.4) is 0 Å². The van der Waals surface area contributed by atoms with Gasteiger partial charge < -0.3 is 14.2 Å². The second-order valence-corrected chi connectivity index (χ2v) is 25.2. The summed E-state index contributed by atoms with van der Waals surface area (Å²) >= 11 is 0. The van der Waals surface area contributed by atoms with Crippen LogP contribution in [0.2, 0.25) is 0 Å². The Kier molecular flexibility index (Phi) is 68.5. The molecule has 1 atom stereocenters. The second-order valence-electron chi connectivity index (χ2n) is 25.2. The molecular formula is C75H142O6. The normalized spacial score (nSPS) is 12.1. The first-order valence-corrected chi connectivity index (χ1v) is 36.8. The van der Waals surface area contributed by atoms with Crippen molar-refractivity contribution in [1.29, 1.82) is 0 Å². The zero-order chi connectivity index (χ0) is 58.5. The topological polar surface area (TPSA) is 78.9 Å². The maximum absolute atomic E-state index is 13.0. The number of hydrogen-bond acceptors (Lipinski definition) is 6. The summed E-state index contributed by atoms with van der Waals surface area (Å²) in [6.45, 7) is 6.68. The predicted molar refractivity (Wildman–Crippen MR) is 353 cm³/mol. The molecule has 6 nitrogen and oxygen atoms in total. The summed E-state index contributed by atoms with van der Waals surface area (Å²) in [6.07, 6.45) is 86.5. The first kappa shape index (κ1) is 78.9. The van der Waals surface area contributed by atoms with Crippen molar-refractivity contribution in [3.8, 4) is 0 Å². The molecule has 0 aliphatic heterocycles. The lowest BCUT2D eigenvalue weighted by Crippen LogP contribution is -2.30. The van der Waals surface area contributed by atoms with Gasteiger partial charge in [0, 0.05) is 19.3 Å². The van der Waals surface area contributed by atoms with E-state index in [-0.39, 0.29) is 31.1 Å². The molecule has 0 saturated carbocycles.